The van der Waals surface area contributed by atoms with Gasteiger partial charge in [0.1, 0.15) is 0 Å². The summed E-state index contributed by atoms with van der Waals surface area (Å²) in [5, 5.41) is 0. The average molecular weight is 841 g/mol. The molecule has 0 fully saturated rings. The topological polar surface area (TPSA) is 70.3 Å². The molecule has 54 heavy (non-hydrogen) atoms. The molecule has 0 spiro atoms. The van der Waals surface area contributed by atoms with Crippen molar-refractivity contribution in [2.75, 3.05) is 0 Å². The van der Waals surface area contributed by atoms with Crippen molar-refractivity contribution in [3.8, 4) is 0 Å². The molecule has 0 bridgehead atoms. The van der Waals surface area contributed by atoms with E-state index in [2.05, 4.69) is 69.3 Å². The molecule has 2 aromatic heterocycles. The Balaban J connectivity index is 0.000000167. The fourth-order valence-electron chi connectivity index (χ4n) is 7.09. The van der Waals surface area contributed by atoms with Gasteiger partial charge in [0.05, 0.1) is 23.1 Å². The highest BCUT2D eigenvalue weighted by molar-refractivity contribution is 9.10. The minimum atomic E-state index is -0.369. The lowest BCUT2D eigenvalue weighted by molar-refractivity contribution is 0.455. The zero-order chi connectivity index (χ0) is 37.6. The Bertz CT molecular complexity index is 2440. The summed E-state index contributed by atoms with van der Waals surface area (Å²) in [5.74, 6) is -0.920. The molecule has 0 radical (unpaired) electrons. The summed E-state index contributed by atoms with van der Waals surface area (Å²) < 4.78 is 16.5. The van der Waals surface area contributed by atoms with Gasteiger partial charge in [-0.3, -0.25) is 9.13 Å². The zero-order valence-corrected chi connectivity index (χ0v) is 32.3. The molecule has 0 aliphatic heterocycles. The van der Waals surface area contributed by atoms with Crippen molar-refractivity contribution in [2.24, 2.45) is 0 Å². The first-order valence-electron chi connectivity index (χ1n) is 17.4. The average Bonchev–Trinajstić information content (AvgIpc) is 3.72. The van der Waals surface area contributed by atoms with Gasteiger partial charge >= 0.3 is 11.5 Å². The molecule has 8 heteroatoms. The first-order chi connectivity index (χ1) is 26.4. The smallest absolute Gasteiger partial charge is 0.408 e. The number of para-hydroxylation sites is 4. The molecule has 268 valence electrons. The van der Waals surface area contributed by atoms with Gasteiger partial charge in [-0.1, -0.05) is 153 Å². The fourth-order valence-corrected chi connectivity index (χ4v) is 7.62. The molecule has 0 saturated heterocycles. The van der Waals surface area contributed by atoms with E-state index in [1.54, 1.807) is 9.13 Å². The zero-order valence-electron chi connectivity index (χ0n) is 29.2. The van der Waals surface area contributed by atoms with E-state index < -0.39 is 0 Å². The van der Waals surface area contributed by atoms with E-state index in [9.17, 15) is 9.59 Å². The number of oxazole rings is 2. The number of rotatable bonds is 10. The van der Waals surface area contributed by atoms with Crippen molar-refractivity contribution in [3.05, 3.63) is 235 Å². The van der Waals surface area contributed by atoms with Crippen LogP contribution in [0, 0.1) is 0 Å². The predicted octanol–water partition coefficient (Wildman–Crippen LogP) is 11.8. The first kappa shape index (κ1) is 36.6. The maximum absolute atomic E-state index is 12.8. The fraction of sp³-hybridized carbons (Fsp3) is 0.0870. The van der Waals surface area contributed by atoms with E-state index >= 15 is 0 Å². The Morgan fingerprint density at radius 2 is 0.778 bits per heavy atom. The van der Waals surface area contributed by atoms with E-state index in [1.807, 2.05) is 146 Å². The Kier molecular flexibility index (Phi) is 11.2. The van der Waals surface area contributed by atoms with Crippen LogP contribution in [0.15, 0.2) is 210 Å². The van der Waals surface area contributed by atoms with Crippen LogP contribution in [0.4, 0.5) is 0 Å². The van der Waals surface area contributed by atoms with Crippen LogP contribution in [0.3, 0.4) is 0 Å². The Labute approximate surface area is 329 Å². The van der Waals surface area contributed by atoms with Crippen LogP contribution in [0.1, 0.15) is 46.2 Å². The van der Waals surface area contributed by atoms with Gasteiger partial charge in [-0.05, 0) is 70.8 Å². The van der Waals surface area contributed by atoms with Crippen molar-refractivity contribution in [1.82, 2.24) is 9.13 Å². The third-order valence-electron chi connectivity index (χ3n) is 9.57. The molecule has 0 saturated carbocycles. The predicted molar refractivity (Wildman–Crippen MR) is 224 cm³/mol. The number of fused-ring (bicyclic) bond motifs is 2. The van der Waals surface area contributed by atoms with E-state index in [-0.39, 0.29) is 35.4 Å². The van der Waals surface area contributed by atoms with Gasteiger partial charge in [-0.2, -0.15) is 0 Å². The Hall–Kier alpha value is -5.70. The summed E-state index contributed by atoms with van der Waals surface area (Å²) in [5.41, 5.74) is 6.94. The molecule has 8 rings (SSSR count). The van der Waals surface area contributed by atoms with Crippen LogP contribution in [0.5, 0.6) is 0 Å². The monoisotopic (exact) mass is 838 g/mol. The molecular weight excluding hydrogens is 804 g/mol. The second-order valence-corrected chi connectivity index (χ2v) is 14.6. The number of aromatic nitrogens is 2. The largest absolute Gasteiger partial charge is 0.420 e. The highest BCUT2D eigenvalue weighted by Gasteiger charge is 2.30. The molecule has 0 amide bonds. The number of hydrogen-bond acceptors (Lipinski definition) is 4. The van der Waals surface area contributed by atoms with Gasteiger partial charge < -0.3 is 8.83 Å². The minimum absolute atomic E-state index is 0.0916. The van der Waals surface area contributed by atoms with Crippen LogP contribution >= 0.6 is 31.9 Å². The van der Waals surface area contributed by atoms with Crippen molar-refractivity contribution < 1.29 is 8.83 Å². The van der Waals surface area contributed by atoms with Crippen LogP contribution in [0.2, 0.25) is 0 Å². The summed E-state index contributed by atoms with van der Waals surface area (Å²) in [6.45, 7) is 8.13. The molecule has 6 nitrogen and oxygen atoms in total. The summed E-state index contributed by atoms with van der Waals surface area (Å²) >= 11 is 6.98. The van der Waals surface area contributed by atoms with Crippen LogP contribution < -0.4 is 11.5 Å². The summed E-state index contributed by atoms with van der Waals surface area (Å²) in [6.07, 6.45) is 3.80. The van der Waals surface area contributed by atoms with Crippen LogP contribution in [-0.2, 0) is 0 Å². The second-order valence-electron chi connectivity index (χ2n) is 12.7. The molecule has 2 heterocycles. The first-order valence-corrected chi connectivity index (χ1v) is 19.0. The van der Waals surface area contributed by atoms with Gasteiger partial charge in [0.15, 0.2) is 11.2 Å². The number of allylic oxidation sites excluding steroid dienone is 2. The summed E-state index contributed by atoms with van der Waals surface area (Å²) in [7, 11) is 0. The lowest BCUT2D eigenvalue weighted by atomic mass is 9.86. The molecule has 0 aliphatic rings. The second kappa shape index (κ2) is 16.5. The van der Waals surface area contributed by atoms with Gasteiger partial charge in [-0.25, -0.2) is 9.59 Å². The standard InChI is InChI=1S/2C23H18BrNO2/c2*1-2-19(16-8-4-3-5-9-16)22(17-12-14-18(24)15-13-17)25-20-10-6-7-11-21(20)27-23(25)26/h2*2-15,19,22H,1H2/t2*19-,22+/m11/s1. The number of benzene rings is 6. The van der Waals surface area contributed by atoms with Crippen molar-refractivity contribution in [3.63, 3.8) is 0 Å². The molecule has 8 aromatic rings. The summed E-state index contributed by atoms with van der Waals surface area (Å²) in [4.78, 5) is 25.6. The van der Waals surface area contributed by atoms with Crippen LogP contribution in [0.25, 0.3) is 22.2 Å². The molecule has 0 N–H and O–H groups in total. The third kappa shape index (κ3) is 7.53. The normalized spacial score (nSPS) is 13.4. The summed E-state index contributed by atoms with van der Waals surface area (Å²) in [6, 6.07) is 50.8. The van der Waals surface area contributed by atoms with Crippen molar-refractivity contribution in [1.29, 1.82) is 0 Å². The number of hydrogen-bond donors (Lipinski definition) is 0. The van der Waals surface area contributed by atoms with E-state index in [1.165, 1.54) is 0 Å². The highest BCUT2D eigenvalue weighted by atomic mass is 79.9. The van der Waals surface area contributed by atoms with Gasteiger partial charge in [0.25, 0.3) is 0 Å². The highest BCUT2D eigenvalue weighted by Crippen LogP contribution is 2.38. The lowest BCUT2D eigenvalue weighted by Crippen LogP contribution is -2.26. The third-order valence-corrected chi connectivity index (χ3v) is 10.6. The van der Waals surface area contributed by atoms with Gasteiger partial charge in [0, 0.05) is 20.8 Å². The number of nitrogens with zero attached hydrogens (tertiary/aromatic N) is 2. The van der Waals surface area contributed by atoms with Crippen molar-refractivity contribution in [2.45, 2.75) is 23.9 Å². The Morgan fingerprint density at radius 1 is 0.444 bits per heavy atom. The minimum Gasteiger partial charge on any atom is -0.408 e. The quantitative estimate of drug-likeness (QED) is 0.129. The van der Waals surface area contributed by atoms with Gasteiger partial charge in [-0.15, -0.1) is 13.2 Å². The van der Waals surface area contributed by atoms with E-state index in [0.29, 0.717) is 11.2 Å². The molecule has 6 aromatic carbocycles. The lowest BCUT2D eigenvalue weighted by Gasteiger charge is -2.26. The van der Waals surface area contributed by atoms with E-state index in [0.717, 1.165) is 42.2 Å². The van der Waals surface area contributed by atoms with Gasteiger partial charge in [0.2, 0.25) is 0 Å². The molecule has 0 unspecified atom stereocenters. The maximum atomic E-state index is 12.8. The SMILES string of the molecule is C=C[C@H](c1ccccc1)[C@H](c1ccc(Br)cc1)n1c(=O)oc2ccccc21.C=C[C@H](c1ccccc1)[C@H](c1ccc(Br)cc1)n1c(=O)oc2ccccc21. The Morgan fingerprint density at radius 3 is 1.13 bits per heavy atom. The molecule has 4 atom stereocenters. The number of halogens is 2. The molecular formula is C46H36Br2N2O4. The molecule has 0 aliphatic carbocycles. The maximum Gasteiger partial charge on any atom is 0.420 e. The van der Waals surface area contributed by atoms with Crippen molar-refractivity contribution >= 4 is 54.1 Å². The van der Waals surface area contributed by atoms with Crippen LogP contribution in [-0.4, -0.2) is 9.13 Å². The van der Waals surface area contributed by atoms with E-state index in [4.69, 9.17) is 8.83 Å².